The van der Waals surface area contributed by atoms with Gasteiger partial charge in [-0.15, -0.1) is 0 Å². The molecule has 2 rings (SSSR count). The number of benzene rings is 1. The molecule has 0 atom stereocenters. The molecule has 22 heavy (non-hydrogen) atoms. The van der Waals surface area contributed by atoms with Crippen LogP contribution in [0.3, 0.4) is 0 Å². The van der Waals surface area contributed by atoms with Crippen molar-refractivity contribution in [2.24, 2.45) is 0 Å². The summed E-state index contributed by atoms with van der Waals surface area (Å²) < 4.78 is 25.1. The molecule has 0 aliphatic carbocycles. The van der Waals surface area contributed by atoms with Gasteiger partial charge >= 0.3 is 0 Å². The van der Waals surface area contributed by atoms with E-state index in [0.29, 0.717) is 23.8 Å². The van der Waals surface area contributed by atoms with E-state index in [1.807, 2.05) is 7.05 Å². The normalized spacial score (nSPS) is 16.6. The van der Waals surface area contributed by atoms with Gasteiger partial charge in [-0.3, -0.25) is 9.10 Å². The van der Waals surface area contributed by atoms with E-state index in [1.165, 1.54) is 0 Å². The van der Waals surface area contributed by atoms with E-state index in [9.17, 15) is 13.2 Å². The van der Waals surface area contributed by atoms with Crippen molar-refractivity contribution < 1.29 is 13.2 Å². The van der Waals surface area contributed by atoms with Crippen molar-refractivity contribution in [3.05, 3.63) is 29.3 Å². The minimum absolute atomic E-state index is 0.187. The number of hydrogen-bond donors (Lipinski definition) is 0. The van der Waals surface area contributed by atoms with Crippen LogP contribution in [0.15, 0.2) is 24.3 Å². The molecule has 1 heterocycles. The molecule has 1 aromatic rings. The first-order chi connectivity index (χ1) is 10.3. The van der Waals surface area contributed by atoms with E-state index < -0.39 is 10.0 Å². The fourth-order valence-electron chi connectivity index (χ4n) is 2.29. The summed E-state index contributed by atoms with van der Waals surface area (Å²) in [5.41, 5.74) is 0.439. The molecule has 0 bridgehead atoms. The third kappa shape index (κ3) is 4.34. The second kappa shape index (κ2) is 6.85. The van der Waals surface area contributed by atoms with Gasteiger partial charge in [0.05, 0.1) is 11.9 Å². The molecule has 1 amide bonds. The molecule has 1 aliphatic heterocycles. The van der Waals surface area contributed by atoms with E-state index in [2.05, 4.69) is 4.90 Å². The monoisotopic (exact) mass is 345 g/mol. The second-order valence-electron chi connectivity index (χ2n) is 5.43. The lowest BCUT2D eigenvalue weighted by Gasteiger charge is -2.34. The van der Waals surface area contributed by atoms with Gasteiger partial charge < -0.3 is 9.80 Å². The lowest BCUT2D eigenvalue weighted by molar-refractivity contribution is -0.131. The van der Waals surface area contributed by atoms with Crippen LogP contribution in [0.4, 0.5) is 5.69 Å². The Kier molecular flexibility index (Phi) is 5.31. The highest BCUT2D eigenvalue weighted by molar-refractivity contribution is 7.92. The zero-order valence-corrected chi connectivity index (χ0v) is 14.3. The zero-order valence-electron chi connectivity index (χ0n) is 12.7. The number of piperazine rings is 1. The maximum absolute atomic E-state index is 12.4. The van der Waals surface area contributed by atoms with Crippen LogP contribution in [-0.4, -0.2) is 70.2 Å². The van der Waals surface area contributed by atoms with Crippen molar-refractivity contribution in [1.29, 1.82) is 0 Å². The van der Waals surface area contributed by atoms with E-state index in [0.717, 1.165) is 23.7 Å². The minimum Gasteiger partial charge on any atom is -0.339 e. The van der Waals surface area contributed by atoms with Crippen LogP contribution in [0.25, 0.3) is 0 Å². The maximum Gasteiger partial charge on any atom is 0.243 e. The molecular weight excluding hydrogens is 326 g/mol. The second-order valence-corrected chi connectivity index (χ2v) is 7.77. The summed E-state index contributed by atoms with van der Waals surface area (Å²) in [7, 11) is -1.54. The van der Waals surface area contributed by atoms with Crippen LogP contribution in [0.5, 0.6) is 0 Å². The van der Waals surface area contributed by atoms with Gasteiger partial charge in [-0.1, -0.05) is 11.6 Å². The van der Waals surface area contributed by atoms with Crippen molar-refractivity contribution in [1.82, 2.24) is 9.80 Å². The van der Waals surface area contributed by atoms with Gasteiger partial charge in [0, 0.05) is 31.2 Å². The van der Waals surface area contributed by atoms with Gasteiger partial charge in [0.2, 0.25) is 15.9 Å². The van der Waals surface area contributed by atoms with Crippen molar-refractivity contribution in [2.75, 3.05) is 50.3 Å². The van der Waals surface area contributed by atoms with E-state index in [4.69, 9.17) is 11.6 Å². The number of likely N-dealkylation sites (N-methyl/N-ethyl adjacent to an activating group) is 1. The third-order valence-corrected chi connectivity index (χ3v) is 5.04. The largest absolute Gasteiger partial charge is 0.339 e. The third-order valence-electron chi connectivity index (χ3n) is 3.65. The number of sulfonamides is 1. The fourth-order valence-corrected chi connectivity index (χ4v) is 3.26. The first kappa shape index (κ1) is 17.1. The summed E-state index contributed by atoms with van der Waals surface area (Å²) in [6.07, 6.45) is 1.10. The molecule has 0 saturated carbocycles. The molecule has 0 radical (unpaired) electrons. The van der Waals surface area contributed by atoms with Crippen molar-refractivity contribution in [3.8, 4) is 0 Å². The van der Waals surface area contributed by atoms with E-state index in [-0.39, 0.29) is 12.5 Å². The Hall–Kier alpha value is -1.31. The van der Waals surface area contributed by atoms with E-state index in [1.54, 1.807) is 29.2 Å². The van der Waals surface area contributed by atoms with Crippen LogP contribution in [-0.2, 0) is 14.8 Å². The summed E-state index contributed by atoms with van der Waals surface area (Å²) in [5, 5.41) is 0.516. The average molecular weight is 346 g/mol. The molecule has 1 aliphatic rings. The zero-order chi connectivity index (χ0) is 16.3. The summed E-state index contributed by atoms with van der Waals surface area (Å²) in [6, 6.07) is 6.41. The molecule has 1 aromatic carbocycles. The number of anilines is 1. The quantitative estimate of drug-likeness (QED) is 0.812. The molecule has 8 heteroatoms. The number of halogens is 1. The van der Waals surface area contributed by atoms with E-state index >= 15 is 0 Å². The maximum atomic E-state index is 12.4. The van der Waals surface area contributed by atoms with Gasteiger partial charge in [-0.2, -0.15) is 0 Å². The van der Waals surface area contributed by atoms with Gasteiger partial charge in [-0.05, 0) is 31.3 Å². The Bertz CT molecular complexity index is 625. The van der Waals surface area contributed by atoms with Crippen LogP contribution in [0.1, 0.15) is 0 Å². The van der Waals surface area contributed by atoms with Crippen LogP contribution < -0.4 is 4.31 Å². The van der Waals surface area contributed by atoms with Crippen LogP contribution in [0.2, 0.25) is 5.02 Å². The Balaban J connectivity index is 2.14. The van der Waals surface area contributed by atoms with Crippen LogP contribution in [0, 0.1) is 0 Å². The predicted octanol–water partition coefficient (Wildman–Crippen LogP) is 0.880. The summed E-state index contributed by atoms with van der Waals surface area (Å²) in [4.78, 5) is 16.2. The molecule has 0 aromatic heterocycles. The van der Waals surface area contributed by atoms with Gasteiger partial charge in [0.15, 0.2) is 0 Å². The van der Waals surface area contributed by atoms with Gasteiger partial charge in [0.1, 0.15) is 6.54 Å². The average Bonchev–Trinajstić information content (AvgIpc) is 2.45. The molecule has 0 spiro atoms. The van der Waals surface area contributed by atoms with Crippen molar-refractivity contribution in [2.45, 2.75) is 0 Å². The molecular formula is C14H20ClN3O3S. The molecule has 0 unspecified atom stereocenters. The first-order valence-electron chi connectivity index (χ1n) is 6.97. The number of hydrogen-bond acceptors (Lipinski definition) is 4. The summed E-state index contributed by atoms with van der Waals surface area (Å²) in [5.74, 6) is -0.187. The smallest absolute Gasteiger partial charge is 0.243 e. The highest BCUT2D eigenvalue weighted by atomic mass is 35.5. The summed E-state index contributed by atoms with van der Waals surface area (Å²) in [6.45, 7) is 2.64. The lowest BCUT2D eigenvalue weighted by atomic mass is 10.3. The number of rotatable bonds is 4. The molecule has 122 valence electrons. The Morgan fingerprint density at radius 3 is 2.23 bits per heavy atom. The van der Waals surface area contributed by atoms with Crippen molar-refractivity contribution >= 4 is 33.2 Å². The predicted molar refractivity (Wildman–Crippen MR) is 87.7 cm³/mol. The Labute approximate surface area is 136 Å². The van der Waals surface area contributed by atoms with Crippen molar-refractivity contribution in [3.63, 3.8) is 0 Å². The first-order valence-corrected chi connectivity index (χ1v) is 9.19. The lowest BCUT2D eigenvalue weighted by Crippen LogP contribution is -2.50. The number of nitrogens with zero attached hydrogens (tertiary/aromatic N) is 3. The molecule has 6 nitrogen and oxygen atoms in total. The summed E-state index contributed by atoms with van der Waals surface area (Å²) >= 11 is 5.82. The number of amides is 1. The Morgan fingerprint density at radius 1 is 1.18 bits per heavy atom. The SMILES string of the molecule is CN1CCN(C(=O)CN(c2ccc(Cl)cc2)S(C)(=O)=O)CC1. The molecule has 0 N–H and O–H groups in total. The van der Waals surface area contributed by atoms with Gasteiger partial charge in [0.25, 0.3) is 0 Å². The topological polar surface area (TPSA) is 60.9 Å². The molecule has 1 fully saturated rings. The van der Waals surface area contributed by atoms with Crippen LogP contribution >= 0.6 is 11.6 Å². The standard InChI is InChI=1S/C14H20ClN3O3S/c1-16-7-9-17(10-8-16)14(19)11-18(22(2,20)21)13-5-3-12(15)4-6-13/h3-6H,7-11H2,1-2H3. The number of carbonyl (C=O) groups is 1. The van der Waals surface area contributed by atoms with Gasteiger partial charge in [-0.25, -0.2) is 8.42 Å². The number of carbonyl (C=O) groups excluding carboxylic acids is 1. The molecule has 1 saturated heterocycles. The fraction of sp³-hybridized carbons (Fsp3) is 0.500. The minimum atomic E-state index is -3.54. The highest BCUT2D eigenvalue weighted by Crippen LogP contribution is 2.20. The highest BCUT2D eigenvalue weighted by Gasteiger charge is 2.25. The Morgan fingerprint density at radius 2 is 1.73 bits per heavy atom.